The smallest absolute Gasteiger partial charge is 0.306 e. The molecule has 2 aromatic carbocycles. The van der Waals surface area contributed by atoms with Crippen molar-refractivity contribution in [3.63, 3.8) is 0 Å². The van der Waals surface area contributed by atoms with Crippen LogP contribution in [-0.4, -0.2) is 43.2 Å². The first-order valence-corrected chi connectivity index (χ1v) is 11.2. The van der Waals surface area contributed by atoms with E-state index in [1.807, 2.05) is 51.6 Å². The highest BCUT2D eigenvalue weighted by Gasteiger charge is 2.24. The summed E-state index contributed by atoms with van der Waals surface area (Å²) in [4.78, 5) is 30.4. The maximum atomic E-state index is 12.9. The maximum Gasteiger partial charge on any atom is 0.329 e. The third-order valence-corrected chi connectivity index (χ3v) is 6.75. The molecular formula is C23H26ClN5O2. The standard InChI is InChI=1S/C23H26ClN5O2/c1-26-21-15-16(24)7-8-20(21)29(23(26)31)17-9-13-27(14-10-17)11-4-12-28-19-6-3-2-5-18(19)25-22(28)30/h2-3,5-8,15,17H,4,9-14H2,1H3,(H,25,30). The Morgan fingerprint density at radius 3 is 2.58 bits per heavy atom. The molecule has 0 atom stereocenters. The third-order valence-electron chi connectivity index (χ3n) is 6.51. The first kappa shape index (κ1) is 20.2. The van der Waals surface area contributed by atoms with Crippen molar-refractivity contribution in [3.8, 4) is 0 Å². The van der Waals surface area contributed by atoms with Gasteiger partial charge in [-0.2, -0.15) is 0 Å². The molecule has 8 heteroatoms. The number of hydrogen-bond acceptors (Lipinski definition) is 3. The second-order valence-corrected chi connectivity index (χ2v) is 8.81. The van der Waals surface area contributed by atoms with Crippen molar-refractivity contribution in [2.24, 2.45) is 7.05 Å². The number of aromatic nitrogens is 4. The number of hydrogen-bond donors (Lipinski definition) is 1. The first-order valence-electron chi connectivity index (χ1n) is 10.8. The number of benzene rings is 2. The van der Waals surface area contributed by atoms with E-state index in [4.69, 9.17) is 11.6 Å². The molecule has 0 spiro atoms. The zero-order valence-corrected chi connectivity index (χ0v) is 18.3. The Bertz CT molecular complexity index is 1350. The summed E-state index contributed by atoms with van der Waals surface area (Å²) in [7, 11) is 1.80. The monoisotopic (exact) mass is 439 g/mol. The summed E-state index contributed by atoms with van der Waals surface area (Å²) in [6.45, 7) is 3.54. The molecule has 4 aromatic rings. The van der Waals surface area contributed by atoms with Crippen LogP contribution in [0, 0.1) is 0 Å². The minimum Gasteiger partial charge on any atom is -0.306 e. The molecule has 3 heterocycles. The predicted octanol–water partition coefficient (Wildman–Crippen LogP) is 3.36. The van der Waals surface area contributed by atoms with Crippen molar-refractivity contribution in [2.75, 3.05) is 19.6 Å². The molecule has 0 unspecified atom stereocenters. The van der Waals surface area contributed by atoms with E-state index in [0.29, 0.717) is 11.6 Å². The Morgan fingerprint density at radius 2 is 1.77 bits per heavy atom. The average molecular weight is 440 g/mol. The number of rotatable bonds is 5. The van der Waals surface area contributed by atoms with Crippen molar-refractivity contribution in [2.45, 2.75) is 31.8 Å². The number of piperidine rings is 1. The van der Waals surface area contributed by atoms with E-state index in [0.717, 1.165) is 61.0 Å². The van der Waals surface area contributed by atoms with E-state index in [-0.39, 0.29) is 17.4 Å². The van der Waals surface area contributed by atoms with E-state index < -0.39 is 0 Å². The van der Waals surface area contributed by atoms with Crippen LogP contribution in [-0.2, 0) is 13.6 Å². The second kappa shape index (κ2) is 8.05. The van der Waals surface area contributed by atoms with Gasteiger partial charge in [0, 0.05) is 37.7 Å². The Morgan fingerprint density at radius 1 is 1.00 bits per heavy atom. The van der Waals surface area contributed by atoms with Crippen molar-refractivity contribution < 1.29 is 0 Å². The molecule has 31 heavy (non-hydrogen) atoms. The number of aromatic amines is 1. The number of aryl methyl sites for hydroxylation is 2. The number of fused-ring (bicyclic) bond motifs is 2. The van der Waals surface area contributed by atoms with Crippen LogP contribution in [0.25, 0.3) is 22.1 Å². The normalized spacial score (nSPS) is 15.9. The van der Waals surface area contributed by atoms with Gasteiger partial charge >= 0.3 is 11.4 Å². The molecule has 0 radical (unpaired) electrons. The van der Waals surface area contributed by atoms with E-state index in [2.05, 4.69) is 9.88 Å². The minimum atomic E-state index is -0.0460. The highest BCUT2D eigenvalue weighted by Crippen LogP contribution is 2.27. The van der Waals surface area contributed by atoms with Crippen LogP contribution >= 0.6 is 11.6 Å². The lowest BCUT2D eigenvalue weighted by Gasteiger charge is -2.32. The lowest BCUT2D eigenvalue weighted by Crippen LogP contribution is -2.38. The van der Waals surface area contributed by atoms with Gasteiger partial charge in [0.1, 0.15) is 0 Å². The van der Waals surface area contributed by atoms with Crippen LogP contribution in [0.15, 0.2) is 52.1 Å². The van der Waals surface area contributed by atoms with E-state index in [9.17, 15) is 9.59 Å². The van der Waals surface area contributed by atoms with Crippen LogP contribution in [0.3, 0.4) is 0 Å². The van der Waals surface area contributed by atoms with Crippen molar-refractivity contribution in [1.29, 1.82) is 0 Å². The molecule has 1 aliphatic heterocycles. The summed E-state index contributed by atoms with van der Waals surface area (Å²) in [5.74, 6) is 0. The van der Waals surface area contributed by atoms with Gasteiger partial charge in [-0.15, -0.1) is 0 Å². The highest BCUT2D eigenvalue weighted by molar-refractivity contribution is 6.31. The molecule has 1 N–H and O–H groups in total. The maximum absolute atomic E-state index is 12.9. The number of para-hydroxylation sites is 2. The van der Waals surface area contributed by atoms with Gasteiger partial charge in [0.15, 0.2) is 0 Å². The molecule has 1 aliphatic rings. The lowest BCUT2D eigenvalue weighted by molar-refractivity contribution is 0.182. The minimum absolute atomic E-state index is 0.0226. The van der Waals surface area contributed by atoms with Crippen LogP contribution in [0.4, 0.5) is 0 Å². The molecular weight excluding hydrogens is 414 g/mol. The molecule has 0 amide bonds. The summed E-state index contributed by atoms with van der Waals surface area (Å²) in [5, 5.41) is 0.643. The SMILES string of the molecule is Cn1c(=O)n(C2CCN(CCCn3c(=O)[nH]c4ccccc43)CC2)c2ccc(Cl)cc21. The average Bonchev–Trinajstić information content (AvgIpc) is 3.22. The van der Waals surface area contributed by atoms with Crippen molar-refractivity contribution in [1.82, 2.24) is 23.6 Å². The quantitative estimate of drug-likeness (QED) is 0.518. The summed E-state index contributed by atoms with van der Waals surface area (Å²) in [5.41, 5.74) is 3.65. The zero-order valence-electron chi connectivity index (χ0n) is 17.6. The van der Waals surface area contributed by atoms with Gasteiger partial charge < -0.3 is 9.88 Å². The van der Waals surface area contributed by atoms with Gasteiger partial charge in [-0.1, -0.05) is 23.7 Å². The number of likely N-dealkylation sites (tertiary alicyclic amines) is 1. The predicted molar refractivity (Wildman–Crippen MR) is 124 cm³/mol. The summed E-state index contributed by atoms with van der Waals surface area (Å²) >= 11 is 6.13. The van der Waals surface area contributed by atoms with Crippen molar-refractivity contribution >= 4 is 33.7 Å². The number of halogens is 1. The van der Waals surface area contributed by atoms with E-state index in [1.165, 1.54) is 0 Å². The van der Waals surface area contributed by atoms with Gasteiger partial charge in [-0.25, -0.2) is 9.59 Å². The number of H-pyrrole nitrogens is 1. The summed E-state index contributed by atoms with van der Waals surface area (Å²) in [6, 6.07) is 13.7. The number of nitrogens with one attached hydrogen (secondary N) is 1. The van der Waals surface area contributed by atoms with Gasteiger partial charge in [-0.3, -0.25) is 13.7 Å². The van der Waals surface area contributed by atoms with Gasteiger partial charge in [0.25, 0.3) is 0 Å². The lowest BCUT2D eigenvalue weighted by atomic mass is 10.0. The number of nitrogens with zero attached hydrogens (tertiary/aromatic N) is 4. The Labute approximate surface area is 184 Å². The van der Waals surface area contributed by atoms with Gasteiger partial charge in [0.05, 0.1) is 22.1 Å². The fourth-order valence-electron chi connectivity index (χ4n) is 4.87. The van der Waals surface area contributed by atoms with E-state index >= 15 is 0 Å². The van der Waals surface area contributed by atoms with Crippen molar-refractivity contribution in [3.05, 3.63) is 68.5 Å². The molecule has 7 nitrogen and oxygen atoms in total. The molecule has 1 fully saturated rings. The Kier molecular flexibility index (Phi) is 5.24. The molecule has 0 saturated carbocycles. The van der Waals surface area contributed by atoms with E-state index in [1.54, 1.807) is 11.6 Å². The molecule has 162 valence electrons. The first-order chi connectivity index (χ1) is 15.0. The fourth-order valence-corrected chi connectivity index (χ4v) is 5.04. The Balaban J connectivity index is 1.23. The van der Waals surface area contributed by atoms with Gasteiger partial charge in [0.2, 0.25) is 0 Å². The Hall–Kier alpha value is -2.77. The molecule has 2 aromatic heterocycles. The topological polar surface area (TPSA) is 68.0 Å². The molecule has 0 bridgehead atoms. The molecule has 5 rings (SSSR count). The zero-order chi connectivity index (χ0) is 21.5. The third kappa shape index (κ3) is 3.62. The summed E-state index contributed by atoms with van der Waals surface area (Å²) < 4.78 is 5.45. The largest absolute Gasteiger partial charge is 0.329 e. The fraction of sp³-hybridized carbons (Fsp3) is 0.391. The van der Waals surface area contributed by atoms with Crippen LogP contribution < -0.4 is 11.4 Å². The second-order valence-electron chi connectivity index (χ2n) is 8.37. The number of imidazole rings is 2. The summed E-state index contributed by atoms with van der Waals surface area (Å²) in [6.07, 6.45) is 2.79. The van der Waals surface area contributed by atoms with Gasteiger partial charge in [-0.05, 0) is 56.1 Å². The highest BCUT2D eigenvalue weighted by atomic mass is 35.5. The molecule has 0 aliphatic carbocycles. The van der Waals surface area contributed by atoms with Crippen LogP contribution in [0.1, 0.15) is 25.3 Å². The van der Waals surface area contributed by atoms with Crippen LogP contribution in [0.2, 0.25) is 5.02 Å². The van der Waals surface area contributed by atoms with Crippen LogP contribution in [0.5, 0.6) is 0 Å². The molecule has 1 saturated heterocycles.